The van der Waals surface area contributed by atoms with Gasteiger partial charge < -0.3 is 4.52 Å². The molecular formula is C12H14N4O3. The maximum Gasteiger partial charge on any atom is 0.310 e. The molecule has 1 aliphatic rings. The maximum absolute atomic E-state index is 11.0. The van der Waals surface area contributed by atoms with Crippen LogP contribution in [0.4, 0.5) is 5.69 Å². The van der Waals surface area contributed by atoms with Crippen molar-refractivity contribution >= 4 is 5.69 Å². The van der Waals surface area contributed by atoms with Crippen molar-refractivity contribution in [2.45, 2.75) is 39.2 Å². The summed E-state index contributed by atoms with van der Waals surface area (Å²) >= 11 is 0. The highest BCUT2D eigenvalue weighted by atomic mass is 16.6. The second kappa shape index (κ2) is 4.18. The van der Waals surface area contributed by atoms with E-state index in [1.165, 1.54) is 6.20 Å². The van der Waals surface area contributed by atoms with Crippen molar-refractivity contribution < 1.29 is 9.45 Å². The number of aromatic nitrogens is 3. The van der Waals surface area contributed by atoms with E-state index < -0.39 is 0 Å². The molecule has 1 saturated carbocycles. The molecule has 7 nitrogen and oxygen atoms in total. The van der Waals surface area contributed by atoms with Crippen LogP contribution in [0.15, 0.2) is 10.7 Å². The Morgan fingerprint density at radius 2 is 2.26 bits per heavy atom. The second-order valence-corrected chi connectivity index (χ2v) is 4.93. The molecular weight excluding hydrogens is 248 g/mol. The maximum atomic E-state index is 11.0. The van der Waals surface area contributed by atoms with Gasteiger partial charge in [0.15, 0.2) is 0 Å². The Morgan fingerprint density at radius 3 is 2.79 bits per heavy atom. The molecule has 0 saturated heterocycles. The first-order valence-corrected chi connectivity index (χ1v) is 6.19. The highest BCUT2D eigenvalue weighted by molar-refractivity contribution is 5.38. The van der Waals surface area contributed by atoms with Gasteiger partial charge in [0, 0.05) is 11.5 Å². The SMILES string of the molecule is Cc1noc(C)c1Cn1cc([N+](=O)[O-])c(C2CC2)n1. The normalized spacial score (nSPS) is 14.8. The lowest BCUT2D eigenvalue weighted by Gasteiger charge is -1.99. The van der Waals surface area contributed by atoms with E-state index in [1.807, 2.05) is 13.8 Å². The molecule has 19 heavy (non-hydrogen) atoms. The number of nitrogens with zero attached hydrogens (tertiary/aromatic N) is 4. The van der Waals surface area contributed by atoms with Gasteiger partial charge in [0.2, 0.25) is 0 Å². The van der Waals surface area contributed by atoms with Crippen LogP contribution in [-0.4, -0.2) is 19.9 Å². The fraction of sp³-hybridized carbons (Fsp3) is 0.500. The summed E-state index contributed by atoms with van der Waals surface area (Å²) in [5, 5.41) is 19.3. The number of nitro groups is 1. The van der Waals surface area contributed by atoms with Gasteiger partial charge in [-0.05, 0) is 26.7 Å². The summed E-state index contributed by atoms with van der Waals surface area (Å²) in [6, 6.07) is 0. The Labute approximate surface area is 109 Å². The van der Waals surface area contributed by atoms with Crippen LogP contribution in [0.1, 0.15) is 41.5 Å². The largest absolute Gasteiger partial charge is 0.361 e. The average molecular weight is 262 g/mol. The van der Waals surface area contributed by atoms with E-state index in [-0.39, 0.29) is 16.5 Å². The van der Waals surface area contributed by atoms with Gasteiger partial charge in [-0.2, -0.15) is 5.10 Å². The lowest BCUT2D eigenvalue weighted by atomic mass is 10.2. The van der Waals surface area contributed by atoms with Gasteiger partial charge in [-0.3, -0.25) is 14.8 Å². The minimum Gasteiger partial charge on any atom is -0.361 e. The molecule has 100 valence electrons. The van der Waals surface area contributed by atoms with Crippen LogP contribution in [0.2, 0.25) is 0 Å². The molecule has 0 amide bonds. The molecule has 2 aromatic rings. The van der Waals surface area contributed by atoms with Gasteiger partial charge in [-0.15, -0.1) is 0 Å². The van der Waals surface area contributed by atoms with Crippen molar-refractivity contribution in [1.82, 2.24) is 14.9 Å². The highest BCUT2D eigenvalue weighted by Crippen LogP contribution is 2.43. The van der Waals surface area contributed by atoms with Crippen LogP contribution in [0.3, 0.4) is 0 Å². The number of aryl methyl sites for hydroxylation is 2. The summed E-state index contributed by atoms with van der Waals surface area (Å²) in [5.74, 6) is 0.981. The summed E-state index contributed by atoms with van der Waals surface area (Å²) in [6.07, 6.45) is 3.48. The van der Waals surface area contributed by atoms with Crippen LogP contribution in [0, 0.1) is 24.0 Å². The summed E-state index contributed by atoms with van der Waals surface area (Å²) in [7, 11) is 0. The molecule has 2 aromatic heterocycles. The quantitative estimate of drug-likeness (QED) is 0.623. The van der Waals surface area contributed by atoms with E-state index in [1.54, 1.807) is 4.68 Å². The van der Waals surface area contributed by atoms with Crippen molar-refractivity contribution in [3.63, 3.8) is 0 Å². The third kappa shape index (κ3) is 2.11. The smallest absolute Gasteiger partial charge is 0.310 e. The average Bonchev–Trinajstić information content (AvgIpc) is 3.05. The molecule has 2 heterocycles. The number of hydrogen-bond donors (Lipinski definition) is 0. The molecule has 0 aromatic carbocycles. The number of hydrogen-bond acceptors (Lipinski definition) is 5. The summed E-state index contributed by atoms with van der Waals surface area (Å²) in [5.41, 5.74) is 2.45. The van der Waals surface area contributed by atoms with E-state index >= 15 is 0 Å². The molecule has 0 radical (unpaired) electrons. The Balaban J connectivity index is 1.93. The molecule has 0 bridgehead atoms. The molecule has 0 spiro atoms. The van der Waals surface area contributed by atoms with Crippen LogP contribution >= 0.6 is 0 Å². The van der Waals surface area contributed by atoms with Gasteiger partial charge in [0.25, 0.3) is 0 Å². The summed E-state index contributed by atoms with van der Waals surface area (Å²) in [6.45, 7) is 4.13. The van der Waals surface area contributed by atoms with Crippen LogP contribution in [-0.2, 0) is 6.54 Å². The van der Waals surface area contributed by atoms with Gasteiger partial charge in [0.1, 0.15) is 17.7 Å². The van der Waals surface area contributed by atoms with E-state index in [0.29, 0.717) is 12.2 Å². The molecule has 7 heteroatoms. The third-order valence-electron chi connectivity index (χ3n) is 3.43. The van der Waals surface area contributed by atoms with Crippen molar-refractivity contribution in [2.24, 2.45) is 0 Å². The highest BCUT2D eigenvalue weighted by Gasteiger charge is 2.34. The zero-order valence-corrected chi connectivity index (χ0v) is 10.8. The standard InChI is InChI=1S/C12H14N4O3/c1-7-10(8(2)19-14-7)5-15-6-11(16(17)18)12(13-15)9-3-4-9/h6,9H,3-5H2,1-2H3. The van der Waals surface area contributed by atoms with Crippen molar-refractivity contribution in [2.75, 3.05) is 0 Å². The van der Waals surface area contributed by atoms with Gasteiger partial charge in [-0.25, -0.2) is 0 Å². The van der Waals surface area contributed by atoms with Crippen LogP contribution in [0.25, 0.3) is 0 Å². The van der Waals surface area contributed by atoms with E-state index in [4.69, 9.17) is 4.52 Å². The Kier molecular flexibility index (Phi) is 2.62. The molecule has 1 fully saturated rings. The van der Waals surface area contributed by atoms with Crippen LogP contribution in [0.5, 0.6) is 0 Å². The zero-order chi connectivity index (χ0) is 13.6. The molecule has 0 N–H and O–H groups in total. The Morgan fingerprint density at radius 1 is 1.53 bits per heavy atom. The van der Waals surface area contributed by atoms with Crippen molar-refractivity contribution in [3.05, 3.63) is 39.0 Å². The fourth-order valence-corrected chi connectivity index (χ4v) is 2.18. The van der Waals surface area contributed by atoms with Crippen molar-refractivity contribution in [1.29, 1.82) is 0 Å². The Hall–Kier alpha value is -2.18. The van der Waals surface area contributed by atoms with Crippen molar-refractivity contribution in [3.8, 4) is 0 Å². The van der Waals surface area contributed by atoms with E-state index in [9.17, 15) is 10.1 Å². The number of rotatable bonds is 4. The lowest BCUT2D eigenvalue weighted by Crippen LogP contribution is -2.02. The summed E-state index contributed by atoms with van der Waals surface area (Å²) < 4.78 is 6.70. The summed E-state index contributed by atoms with van der Waals surface area (Å²) in [4.78, 5) is 10.7. The first-order chi connectivity index (χ1) is 9.06. The third-order valence-corrected chi connectivity index (χ3v) is 3.43. The first-order valence-electron chi connectivity index (χ1n) is 6.19. The predicted octanol–water partition coefficient (Wildman–Crippen LogP) is 2.32. The minimum atomic E-state index is -0.357. The van der Waals surface area contributed by atoms with Gasteiger partial charge >= 0.3 is 5.69 Å². The predicted molar refractivity (Wildman–Crippen MR) is 65.9 cm³/mol. The monoisotopic (exact) mass is 262 g/mol. The zero-order valence-electron chi connectivity index (χ0n) is 10.8. The van der Waals surface area contributed by atoms with E-state index in [0.717, 1.165) is 29.9 Å². The van der Waals surface area contributed by atoms with E-state index in [2.05, 4.69) is 10.3 Å². The second-order valence-electron chi connectivity index (χ2n) is 4.93. The molecule has 1 aliphatic carbocycles. The molecule has 0 unspecified atom stereocenters. The lowest BCUT2D eigenvalue weighted by molar-refractivity contribution is -0.385. The molecule has 0 atom stereocenters. The minimum absolute atomic E-state index is 0.120. The fourth-order valence-electron chi connectivity index (χ4n) is 2.18. The van der Waals surface area contributed by atoms with Gasteiger partial charge in [0.05, 0.1) is 17.2 Å². The molecule has 3 rings (SSSR count). The van der Waals surface area contributed by atoms with Gasteiger partial charge in [-0.1, -0.05) is 5.16 Å². The molecule has 0 aliphatic heterocycles. The first kappa shape index (κ1) is 11.9. The topological polar surface area (TPSA) is 87.0 Å². The Bertz CT molecular complexity index is 620. The van der Waals surface area contributed by atoms with Crippen LogP contribution < -0.4 is 0 Å².